The SMILES string of the molecule is COC1CCC(C2CNC(NC3CCC(C(=O)NCC4CC4)CC3)NC2)CC1. The van der Waals surface area contributed by atoms with Crippen molar-refractivity contribution in [2.45, 2.75) is 82.6 Å². The lowest BCUT2D eigenvalue weighted by molar-refractivity contribution is -0.126. The van der Waals surface area contributed by atoms with E-state index in [4.69, 9.17) is 4.74 Å². The Balaban J connectivity index is 1.11. The largest absolute Gasteiger partial charge is 0.381 e. The van der Waals surface area contributed by atoms with Gasteiger partial charge in [0.05, 0.1) is 6.10 Å². The van der Waals surface area contributed by atoms with Crippen LogP contribution in [-0.4, -0.2) is 51.1 Å². The van der Waals surface area contributed by atoms with Crippen molar-refractivity contribution >= 4 is 5.91 Å². The van der Waals surface area contributed by atoms with Crippen molar-refractivity contribution in [2.24, 2.45) is 23.7 Å². The Labute approximate surface area is 170 Å². The average Bonchev–Trinajstić information content (AvgIpc) is 3.58. The molecular weight excluding hydrogens is 352 g/mol. The van der Waals surface area contributed by atoms with Crippen LogP contribution in [0.5, 0.6) is 0 Å². The predicted molar refractivity (Wildman–Crippen MR) is 111 cm³/mol. The fraction of sp³-hybridized carbons (Fsp3) is 0.955. The van der Waals surface area contributed by atoms with Crippen molar-refractivity contribution in [3.05, 3.63) is 0 Å². The molecule has 0 atom stereocenters. The normalized spacial score (nSPS) is 39.5. The average molecular weight is 393 g/mol. The molecule has 4 rings (SSSR count). The first-order chi connectivity index (χ1) is 13.7. The van der Waals surface area contributed by atoms with Crippen molar-refractivity contribution in [3.63, 3.8) is 0 Å². The molecule has 3 saturated carbocycles. The quantitative estimate of drug-likeness (QED) is 0.533. The number of hydrogen-bond acceptors (Lipinski definition) is 5. The summed E-state index contributed by atoms with van der Waals surface area (Å²) in [6, 6.07) is 0.520. The molecule has 0 spiro atoms. The zero-order chi connectivity index (χ0) is 19.3. The fourth-order valence-electron chi connectivity index (χ4n) is 5.40. The van der Waals surface area contributed by atoms with E-state index in [0.29, 0.717) is 18.1 Å². The predicted octanol–water partition coefficient (Wildman–Crippen LogP) is 1.96. The Morgan fingerprint density at radius 2 is 1.57 bits per heavy atom. The molecule has 0 unspecified atom stereocenters. The zero-order valence-electron chi connectivity index (χ0n) is 17.6. The molecule has 28 heavy (non-hydrogen) atoms. The minimum absolute atomic E-state index is 0.219. The van der Waals surface area contributed by atoms with Crippen LogP contribution in [0.3, 0.4) is 0 Å². The molecule has 4 N–H and O–H groups in total. The van der Waals surface area contributed by atoms with E-state index in [2.05, 4.69) is 21.3 Å². The molecule has 160 valence electrons. The van der Waals surface area contributed by atoms with Crippen LogP contribution in [0.15, 0.2) is 0 Å². The lowest BCUT2D eigenvalue weighted by atomic mass is 9.78. The number of carbonyl (C=O) groups is 1. The summed E-state index contributed by atoms with van der Waals surface area (Å²) in [7, 11) is 1.85. The number of carbonyl (C=O) groups excluding carboxylic acids is 1. The maximum Gasteiger partial charge on any atom is 0.223 e. The minimum Gasteiger partial charge on any atom is -0.381 e. The van der Waals surface area contributed by atoms with E-state index in [1.807, 2.05) is 7.11 Å². The lowest BCUT2D eigenvalue weighted by Crippen LogP contribution is -2.63. The van der Waals surface area contributed by atoms with Crippen LogP contribution in [0.4, 0.5) is 0 Å². The van der Waals surface area contributed by atoms with Gasteiger partial charge < -0.3 is 10.1 Å². The van der Waals surface area contributed by atoms with Crippen LogP contribution in [-0.2, 0) is 9.53 Å². The molecule has 4 fully saturated rings. The summed E-state index contributed by atoms with van der Waals surface area (Å²) in [6.45, 7) is 3.11. The first-order valence-electron chi connectivity index (χ1n) is 11.7. The Kier molecular flexibility index (Phi) is 7.26. The molecule has 1 saturated heterocycles. The van der Waals surface area contributed by atoms with Gasteiger partial charge in [-0.3, -0.25) is 20.7 Å². The van der Waals surface area contributed by atoms with Crippen molar-refractivity contribution in [3.8, 4) is 0 Å². The third-order valence-corrected chi connectivity index (χ3v) is 7.65. The van der Waals surface area contributed by atoms with E-state index in [-0.39, 0.29) is 12.2 Å². The van der Waals surface area contributed by atoms with E-state index in [0.717, 1.165) is 63.1 Å². The fourth-order valence-corrected chi connectivity index (χ4v) is 5.40. The molecular formula is C22H40N4O2. The van der Waals surface area contributed by atoms with Gasteiger partial charge in [-0.2, -0.15) is 0 Å². The summed E-state index contributed by atoms with van der Waals surface area (Å²) in [6.07, 6.45) is 12.6. The second-order valence-electron chi connectivity index (χ2n) is 9.69. The van der Waals surface area contributed by atoms with Crippen molar-refractivity contribution < 1.29 is 9.53 Å². The summed E-state index contributed by atoms with van der Waals surface area (Å²) >= 11 is 0. The number of amides is 1. The van der Waals surface area contributed by atoms with Crippen LogP contribution >= 0.6 is 0 Å². The molecule has 1 amide bonds. The monoisotopic (exact) mass is 392 g/mol. The van der Waals surface area contributed by atoms with Gasteiger partial charge in [0.2, 0.25) is 5.91 Å². The molecule has 0 radical (unpaired) electrons. The van der Waals surface area contributed by atoms with E-state index in [9.17, 15) is 4.79 Å². The smallest absolute Gasteiger partial charge is 0.223 e. The Bertz CT molecular complexity index is 489. The van der Waals surface area contributed by atoms with Gasteiger partial charge in [-0.15, -0.1) is 0 Å². The summed E-state index contributed by atoms with van der Waals surface area (Å²) in [5.41, 5.74) is 0. The number of nitrogens with one attached hydrogen (secondary N) is 4. The van der Waals surface area contributed by atoms with Gasteiger partial charge >= 0.3 is 0 Å². The van der Waals surface area contributed by atoms with Crippen molar-refractivity contribution in [1.82, 2.24) is 21.3 Å². The summed E-state index contributed by atoms with van der Waals surface area (Å²) < 4.78 is 5.51. The number of hydrogen-bond donors (Lipinski definition) is 4. The first kappa shape index (κ1) is 20.6. The number of ether oxygens (including phenoxy) is 1. The molecule has 1 heterocycles. The number of methoxy groups -OCH3 is 1. The van der Waals surface area contributed by atoms with Crippen LogP contribution < -0.4 is 21.3 Å². The highest BCUT2D eigenvalue weighted by atomic mass is 16.5. The number of rotatable bonds is 7. The van der Waals surface area contributed by atoms with Crippen LogP contribution in [0.2, 0.25) is 0 Å². The molecule has 0 aromatic rings. The Morgan fingerprint density at radius 1 is 0.893 bits per heavy atom. The first-order valence-corrected chi connectivity index (χ1v) is 11.7. The summed E-state index contributed by atoms with van der Waals surface area (Å²) in [5, 5.41) is 14.3. The molecule has 0 aromatic carbocycles. The van der Waals surface area contributed by atoms with Crippen molar-refractivity contribution in [1.29, 1.82) is 0 Å². The Hall–Kier alpha value is -0.690. The molecule has 0 aromatic heterocycles. The molecule has 1 aliphatic heterocycles. The summed E-state index contributed by atoms with van der Waals surface area (Å²) in [4.78, 5) is 12.3. The maximum atomic E-state index is 12.3. The van der Waals surface area contributed by atoms with Crippen LogP contribution in [0, 0.1) is 23.7 Å². The summed E-state index contributed by atoms with van der Waals surface area (Å²) in [5.74, 6) is 2.86. The lowest BCUT2D eigenvalue weighted by Gasteiger charge is -2.40. The van der Waals surface area contributed by atoms with E-state index in [1.54, 1.807) is 0 Å². The van der Waals surface area contributed by atoms with Gasteiger partial charge in [0.25, 0.3) is 0 Å². The van der Waals surface area contributed by atoms with Crippen LogP contribution in [0.25, 0.3) is 0 Å². The highest BCUT2D eigenvalue weighted by Gasteiger charge is 2.32. The molecule has 0 bridgehead atoms. The highest BCUT2D eigenvalue weighted by Crippen LogP contribution is 2.32. The zero-order valence-corrected chi connectivity index (χ0v) is 17.6. The molecule has 6 heteroatoms. The van der Waals surface area contributed by atoms with Gasteiger partial charge in [0, 0.05) is 38.7 Å². The van der Waals surface area contributed by atoms with Crippen molar-refractivity contribution in [2.75, 3.05) is 26.7 Å². The third kappa shape index (κ3) is 5.68. The highest BCUT2D eigenvalue weighted by molar-refractivity contribution is 5.78. The molecule has 6 nitrogen and oxygen atoms in total. The second kappa shape index (κ2) is 9.88. The maximum absolute atomic E-state index is 12.3. The molecule has 4 aliphatic rings. The van der Waals surface area contributed by atoms with Gasteiger partial charge in [-0.25, -0.2) is 0 Å². The minimum atomic E-state index is 0.219. The topological polar surface area (TPSA) is 74.4 Å². The van der Waals surface area contributed by atoms with E-state index in [1.165, 1.54) is 38.5 Å². The van der Waals surface area contributed by atoms with Gasteiger partial charge in [-0.05, 0) is 82.0 Å². The van der Waals surface area contributed by atoms with Gasteiger partial charge in [-0.1, -0.05) is 0 Å². The van der Waals surface area contributed by atoms with Gasteiger partial charge in [0.15, 0.2) is 0 Å². The van der Waals surface area contributed by atoms with Gasteiger partial charge in [0.1, 0.15) is 6.29 Å². The second-order valence-corrected chi connectivity index (χ2v) is 9.69. The van der Waals surface area contributed by atoms with E-state index >= 15 is 0 Å². The molecule has 3 aliphatic carbocycles. The standard InChI is InChI=1S/C22H40N4O2/c1-28-20-10-6-16(7-11-20)18-13-24-22(25-14-18)26-19-8-4-17(5-9-19)21(27)23-12-15-2-3-15/h15-20,22,24-26H,2-14H2,1H3,(H,23,27). The van der Waals surface area contributed by atoms with Crippen LogP contribution in [0.1, 0.15) is 64.2 Å². The third-order valence-electron chi connectivity index (χ3n) is 7.65. The van der Waals surface area contributed by atoms with E-state index < -0.39 is 0 Å². The Morgan fingerprint density at radius 3 is 2.18 bits per heavy atom.